The Morgan fingerprint density at radius 1 is 1.44 bits per heavy atom. The minimum absolute atomic E-state index is 0.130. The molecule has 1 atom stereocenters. The lowest BCUT2D eigenvalue weighted by Gasteiger charge is -2.21. The Balaban J connectivity index is 2.09. The fourth-order valence-corrected chi connectivity index (χ4v) is 3.07. The summed E-state index contributed by atoms with van der Waals surface area (Å²) in [5, 5.41) is 7.36. The number of hydrogen-bond acceptors (Lipinski definition) is 4. The molecule has 0 spiro atoms. The molecule has 7 nitrogen and oxygen atoms in total. The molecule has 2 amide bonds. The van der Waals surface area contributed by atoms with Gasteiger partial charge >= 0.3 is 12.0 Å². The van der Waals surface area contributed by atoms with Crippen molar-refractivity contribution >= 4 is 27.9 Å². The summed E-state index contributed by atoms with van der Waals surface area (Å²) in [6.45, 7) is 4.75. The molecule has 0 aliphatic carbocycles. The smallest absolute Gasteiger partial charge is 0.337 e. The van der Waals surface area contributed by atoms with Gasteiger partial charge in [0, 0.05) is 5.56 Å². The van der Waals surface area contributed by atoms with Crippen LogP contribution in [-0.2, 0) is 9.53 Å². The molecule has 0 saturated heterocycles. The van der Waals surface area contributed by atoms with Crippen molar-refractivity contribution in [1.82, 2.24) is 10.6 Å². The van der Waals surface area contributed by atoms with Gasteiger partial charge in [-0.3, -0.25) is 0 Å². The van der Waals surface area contributed by atoms with Crippen LogP contribution >= 0.6 is 15.9 Å². The second kappa shape index (κ2) is 8.87. The fourth-order valence-electron chi connectivity index (χ4n) is 2.52. The molecule has 0 radical (unpaired) electrons. The third-order valence-corrected chi connectivity index (χ3v) is 4.57. The van der Waals surface area contributed by atoms with Crippen LogP contribution in [0, 0.1) is 0 Å². The number of methoxy groups -OCH3 is 1. The highest BCUT2D eigenvalue weighted by Gasteiger charge is 2.25. The summed E-state index contributed by atoms with van der Waals surface area (Å²) in [6, 6.07) is 5.72. The average molecular weight is 413 g/mol. The first-order valence-corrected chi connectivity index (χ1v) is 8.86. The van der Waals surface area contributed by atoms with Crippen LogP contribution in [0.5, 0.6) is 5.75 Å². The molecule has 0 aromatic heterocycles. The van der Waals surface area contributed by atoms with Crippen molar-refractivity contribution in [3.05, 3.63) is 39.5 Å². The second-order valence-corrected chi connectivity index (χ2v) is 6.46. The van der Waals surface area contributed by atoms with E-state index in [1.807, 2.05) is 18.2 Å². The van der Waals surface area contributed by atoms with Crippen molar-refractivity contribution < 1.29 is 24.4 Å². The van der Waals surface area contributed by atoms with Crippen molar-refractivity contribution in [2.45, 2.75) is 19.9 Å². The number of carbonyl (C=O) groups is 2. The molecule has 1 aromatic carbocycles. The number of hydrogen-bond donors (Lipinski definition) is 3. The van der Waals surface area contributed by atoms with E-state index in [-0.39, 0.29) is 18.6 Å². The minimum Gasteiger partial charge on any atom is -0.496 e. The highest BCUT2D eigenvalue weighted by atomic mass is 79.9. The van der Waals surface area contributed by atoms with Gasteiger partial charge in [-0.05, 0) is 48.0 Å². The maximum atomic E-state index is 12.0. The molecule has 0 unspecified atom stereocenters. The van der Waals surface area contributed by atoms with E-state index in [0.717, 1.165) is 15.8 Å². The molecule has 1 aromatic rings. The van der Waals surface area contributed by atoms with Gasteiger partial charge in [0.25, 0.3) is 0 Å². The normalized spacial score (nSPS) is 15.3. The van der Waals surface area contributed by atoms with E-state index in [2.05, 4.69) is 38.8 Å². The molecule has 1 heterocycles. The van der Waals surface area contributed by atoms with Crippen LogP contribution in [0.25, 0.3) is 0 Å². The zero-order valence-corrected chi connectivity index (χ0v) is 16.1. The standard InChI is InChI=1S/C17H22BrN3O4/c1-4-25-16(22)12-8-20-17(23)21-14(12)9-19-10(2)11-5-6-15(24-3)13(18)7-11/h5-7,10,19H,4,8-9H2,1-3H3,(H2,20,21,23)/p+1/t10-/m0/s1. The Hall–Kier alpha value is -2.06. The van der Waals surface area contributed by atoms with Crippen molar-refractivity contribution in [1.29, 1.82) is 0 Å². The first-order chi connectivity index (χ1) is 12.0. The maximum absolute atomic E-state index is 12.0. The summed E-state index contributed by atoms with van der Waals surface area (Å²) in [6.07, 6.45) is 0. The molecule has 0 saturated carbocycles. The number of ether oxygens (including phenoxy) is 2. The zero-order valence-electron chi connectivity index (χ0n) is 14.5. The first-order valence-electron chi connectivity index (χ1n) is 8.07. The van der Waals surface area contributed by atoms with Crippen LogP contribution in [0.4, 0.5) is 4.79 Å². The summed E-state index contributed by atoms with van der Waals surface area (Å²) in [4.78, 5) is 23.6. The van der Waals surface area contributed by atoms with Crippen LogP contribution in [0.2, 0.25) is 0 Å². The number of carbonyl (C=O) groups excluding carboxylic acids is 2. The molecular weight excluding hydrogens is 390 g/mol. The van der Waals surface area contributed by atoms with Gasteiger partial charge in [-0.2, -0.15) is 0 Å². The number of urea groups is 1. The fraction of sp³-hybridized carbons (Fsp3) is 0.412. The molecule has 1 aliphatic rings. The van der Waals surface area contributed by atoms with Gasteiger partial charge in [-0.1, -0.05) is 0 Å². The number of nitrogens with two attached hydrogens (primary N) is 1. The van der Waals surface area contributed by atoms with Gasteiger partial charge in [0.1, 0.15) is 18.3 Å². The molecule has 0 bridgehead atoms. The van der Waals surface area contributed by atoms with Gasteiger partial charge in [0.2, 0.25) is 0 Å². The molecule has 2 rings (SSSR count). The molecule has 1 aliphatic heterocycles. The number of quaternary nitrogens is 1. The van der Waals surface area contributed by atoms with Crippen LogP contribution in [0.15, 0.2) is 33.9 Å². The predicted octanol–water partition coefficient (Wildman–Crippen LogP) is 1.21. The number of benzene rings is 1. The molecule has 8 heteroatoms. The van der Waals surface area contributed by atoms with Crippen molar-refractivity contribution in [3.63, 3.8) is 0 Å². The van der Waals surface area contributed by atoms with Crippen LogP contribution < -0.4 is 20.7 Å². The number of nitrogens with one attached hydrogen (secondary N) is 2. The number of halogens is 1. The van der Waals surface area contributed by atoms with E-state index >= 15 is 0 Å². The molecule has 25 heavy (non-hydrogen) atoms. The topological polar surface area (TPSA) is 93.3 Å². The lowest BCUT2D eigenvalue weighted by atomic mass is 10.1. The Morgan fingerprint density at radius 3 is 2.84 bits per heavy atom. The van der Waals surface area contributed by atoms with Gasteiger partial charge < -0.3 is 25.4 Å². The largest absolute Gasteiger partial charge is 0.496 e. The molecule has 0 fully saturated rings. The highest BCUT2D eigenvalue weighted by molar-refractivity contribution is 9.10. The average Bonchev–Trinajstić information content (AvgIpc) is 2.59. The van der Waals surface area contributed by atoms with Gasteiger partial charge in [-0.25, -0.2) is 9.59 Å². The van der Waals surface area contributed by atoms with E-state index in [4.69, 9.17) is 9.47 Å². The monoisotopic (exact) mass is 412 g/mol. The van der Waals surface area contributed by atoms with E-state index in [1.165, 1.54) is 0 Å². The summed E-state index contributed by atoms with van der Waals surface area (Å²) < 4.78 is 11.2. The van der Waals surface area contributed by atoms with Gasteiger partial charge in [-0.15, -0.1) is 0 Å². The van der Waals surface area contributed by atoms with Gasteiger partial charge in [0.05, 0.1) is 36.0 Å². The maximum Gasteiger partial charge on any atom is 0.337 e. The summed E-state index contributed by atoms with van der Waals surface area (Å²) in [5.74, 6) is 0.368. The van der Waals surface area contributed by atoms with Crippen LogP contribution in [0.3, 0.4) is 0 Å². The van der Waals surface area contributed by atoms with E-state index in [9.17, 15) is 9.59 Å². The first kappa shape index (κ1) is 19.3. The highest BCUT2D eigenvalue weighted by Crippen LogP contribution is 2.27. The summed E-state index contributed by atoms with van der Waals surface area (Å²) in [7, 11) is 1.62. The number of esters is 1. The molecule has 136 valence electrons. The van der Waals surface area contributed by atoms with Crippen molar-refractivity contribution in [2.75, 3.05) is 26.8 Å². The number of rotatable bonds is 7. The van der Waals surface area contributed by atoms with Crippen molar-refractivity contribution in [3.8, 4) is 5.75 Å². The molecular formula is C17H23BrN3O4+. The Labute approximate surface area is 155 Å². The van der Waals surface area contributed by atoms with E-state index in [1.54, 1.807) is 14.0 Å². The van der Waals surface area contributed by atoms with Gasteiger partial charge in [0.15, 0.2) is 0 Å². The summed E-state index contributed by atoms with van der Waals surface area (Å²) in [5.41, 5.74) is 2.15. The van der Waals surface area contributed by atoms with E-state index in [0.29, 0.717) is 24.4 Å². The lowest BCUT2D eigenvalue weighted by molar-refractivity contribution is -0.686. The van der Waals surface area contributed by atoms with Crippen LogP contribution in [0.1, 0.15) is 25.5 Å². The number of amides is 2. The minimum atomic E-state index is -0.404. The van der Waals surface area contributed by atoms with Crippen molar-refractivity contribution in [2.24, 2.45) is 0 Å². The lowest BCUT2D eigenvalue weighted by Crippen LogP contribution is -2.86. The third-order valence-electron chi connectivity index (χ3n) is 3.95. The summed E-state index contributed by atoms with van der Waals surface area (Å²) >= 11 is 3.48. The zero-order chi connectivity index (χ0) is 18.4. The predicted molar refractivity (Wildman–Crippen MR) is 96.1 cm³/mol. The Bertz CT molecular complexity index is 690. The Morgan fingerprint density at radius 2 is 2.20 bits per heavy atom. The Kier molecular flexibility index (Phi) is 6.83. The SMILES string of the molecule is CCOC(=O)C1=C(C[NH2+][C@@H](C)c2ccc(OC)c(Br)c2)NC(=O)NC1. The second-order valence-electron chi connectivity index (χ2n) is 5.61. The quantitative estimate of drug-likeness (QED) is 0.586. The van der Waals surface area contributed by atoms with E-state index < -0.39 is 5.97 Å². The third kappa shape index (κ3) is 4.96. The van der Waals surface area contributed by atoms with Crippen LogP contribution in [-0.4, -0.2) is 38.8 Å². The molecule has 4 N–H and O–H groups in total.